The highest BCUT2D eigenvalue weighted by atomic mass is 32.2. The molecule has 2 rings (SSSR count). The predicted octanol–water partition coefficient (Wildman–Crippen LogP) is 4.83. The summed E-state index contributed by atoms with van der Waals surface area (Å²) in [4.78, 5) is 0. The minimum atomic E-state index is -5.84. The van der Waals surface area contributed by atoms with Crippen molar-refractivity contribution in [2.24, 2.45) is 0 Å². The predicted molar refractivity (Wildman–Crippen MR) is 88.9 cm³/mol. The molecule has 1 N–H and O–H groups in total. The van der Waals surface area contributed by atoms with Gasteiger partial charge in [-0.3, -0.25) is 4.55 Å². The van der Waals surface area contributed by atoms with Crippen LogP contribution in [0.2, 0.25) is 0 Å². The van der Waals surface area contributed by atoms with Gasteiger partial charge in [-0.15, -0.1) is 0 Å². The zero-order valence-electron chi connectivity index (χ0n) is 13.3. The number of unbranched alkanes of at least 4 members (excludes halogenated alkanes) is 1. The summed E-state index contributed by atoms with van der Waals surface area (Å²) in [6, 6.07) is 8.68. The number of alkyl halides is 3. The Kier molecular flexibility index (Phi) is 8.38. The van der Waals surface area contributed by atoms with Crippen molar-refractivity contribution < 1.29 is 30.9 Å². The highest BCUT2D eigenvalue weighted by Crippen LogP contribution is 2.40. The van der Waals surface area contributed by atoms with Crippen LogP contribution in [0.15, 0.2) is 24.3 Å². The molecule has 138 valence electrons. The second kappa shape index (κ2) is 9.53. The van der Waals surface area contributed by atoms with Gasteiger partial charge in [-0.25, -0.2) is 0 Å². The SMILES string of the molecule is CCCCOc1ccc(C2CCCS2)cc1.O=S(=O)(O)C(F)(F)F. The monoisotopic (exact) mass is 386 g/mol. The Morgan fingerprint density at radius 3 is 2.29 bits per heavy atom. The number of halogens is 3. The maximum absolute atomic E-state index is 10.7. The first-order chi connectivity index (χ1) is 11.1. The van der Waals surface area contributed by atoms with Gasteiger partial charge in [0.05, 0.1) is 6.61 Å². The highest BCUT2D eigenvalue weighted by Gasteiger charge is 2.44. The van der Waals surface area contributed by atoms with Crippen molar-refractivity contribution >= 4 is 21.9 Å². The van der Waals surface area contributed by atoms with Crippen molar-refractivity contribution in [3.05, 3.63) is 29.8 Å². The number of hydrogen-bond acceptors (Lipinski definition) is 4. The fraction of sp³-hybridized carbons (Fsp3) is 0.600. The molecule has 1 aliphatic rings. The molecule has 0 bridgehead atoms. The van der Waals surface area contributed by atoms with Gasteiger partial charge in [0, 0.05) is 5.25 Å². The van der Waals surface area contributed by atoms with Gasteiger partial charge in [0.15, 0.2) is 0 Å². The molecule has 0 spiro atoms. The molecule has 1 aliphatic heterocycles. The zero-order chi connectivity index (χ0) is 18.2. The van der Waals surface area contributed by atoms with Crippen LogP contribution in [0.5, 0.6) is 5.75 Å². The van der Waals surface area contributed by atoms with Crippen LogP contribution in [-0.2, 0) is 10.1 Å². The Labute approximate surface area is 144 Å². The molecule has 1 aromatic carbocycles. The van der Waals surface area contributed by atoms with Crippen LogP contribution in [0.3, 0.4) is 0 Å². The highest BCUT2D eigenvalue weighted by molar-refractivity contribution is 7.99. The van der Waals surface area contributed by atoms with E-state index in [2.05, 4.69) is 43.0 Å². The van der Waals surface area contributed by atoms with E-state index in [0.29, 0.717) is 0 Å². The Balaban J connectivity index is 0.000000307. The number of thioether (sulfide) groups is 1. The second-order valence-electron chi connectivity index (χ2n) is 5.19. The first kappa shape index (κ1) is 21.1. The Morgan fingerprint density at radius 1 is 1.29 bits per heavy atom. The third-order valence-corrected chi connectivity index (χ3v) is 5.26. The van der Waals surface area contributed by atoms with Crippen molar-refractivity contribution in [1.82, 2.24) is 0 Å². The first-order valence-electron chi connectivity index (χ1n) is 7.53. The van der Waals surface area contributed by atoms with Crippen molar-refractivity contribution in [3.8, 4) is 5.75 Å². The minimum absolute atomic E-state index is 0.727. The number of rotatable bonds is 5. The molecule has 1 saturated heterocycles. The maximum Gasteiger partial charge on any atom is 0.522 e. The molecule has 0 saturated carbocycles. The van der Waals surface area contributed by atoms with Crippen LogP contribution in [-0.4, -0.2) is 30.8 Å². The average molecular weight is 386 g/mol. The van der Waals surface area contributed by atoms with E-state index in [9.17, 15) is 13.2 Å². The molecule has 0 aliphatic carbocycles. The van der Waals surface area contributed by atoms with Crippen molar-refractivity contribution in [2.75, 3.05) is 12.4 Å². The first-order valence-corrected chi connectivity index (χ1v) is 10.0. The lowest BCUT2D eigenvalue weighted by atomic mass is 10.1. The van der Waals surface area contributed by atoms with Gasteiger partial charge < -0.3 is 4.74 Å². The molecule has 1 unspecified atom stereocenters. The molecular weight excluding hydrogens is 365 g/mol. The Bertz CT molecular complexity index is 580. The largest absolute Gasteiger partial charge is 0.522 e. The van der Waals surface area contributed by atoms with Crippen molar-refractivity contribution in [3.63, 3.8) is 0 Å². The van der Waals surface area contributed by atoms with E-state index >= 15 is 0 Å². The van der Waals surface area contributed by atoms with Gasteiger partial charge in [0.1, 0.15) is 5.75 Å². The lowest BCUT2D eigenvalue weighted by Crippen LogP contribution is -2.21. The summed E-state index contributed by atoms with van der Waals surface area (Å²) in [5, 5.41) is 0.727. The van der Waals surface area contributed by atoms with E-state index in [4.69, 9.17) is 17.7 Å². The fourth-order valence-electron chi connectivity index (χ4n) is 1.95. The Morgan fingerprint density at radius 2 is 1.88 bits per heavy atom. The van der Waals surface area contributed by atoms with Gasteiger partial charge in [0.25, 0.3) is 0 Å². The van der Waals surface area contributed by atoms with Gasteiger partial charge in [-0.2, -0.15) is 33.4 Å². The number of ether oxygens (including phenoxy) is 1. The van der Waals surface area contributed by atoms with E-state index in [-0.39, 0.29) is 0 Å². The van der Waals surface area contributed by atoms with Crippen LogP contribution in [0, 0.1) is 0 Å². The molecule has 24 heavy (non-hydrogen) atoms. The summed E-state index contributed by atoms with van der Waals surface area (Å²) in [6.07, 6.45) is 5.03. The van der Waals surface area contributed by atoms with Crippen LogP contribution in [0.25, 0.3) is 0 Å². The molecule has 1 atom stereocenters. The molecule has 0 radical (unpaired) electrons. The van der Waals surface area contributed by atoms with Crippen LogP contribution >= 0.6 is 11.8 Å². The fourth-order valence-corrected chi connectivity index (χ4v) is 3.25. The van der Waals surface area contributed by atoms with E-state index in [1.54, 1.807) is 0 Å². The van der Waals surface area contributed by atoms with Gasteiger partial charge in [-0.05, 0) is 42.7 Å². The summed E-state index contributed by atoms with van der Waals surface area (Å²) in [7, 11) is -5.84. The quantitative estimate of drug-likeness (QED) is 0.446. The molecular formula is C15H21F3O4S2. The third kappa shape index (κ3) is 7.31. The third-order valence-electron chi connectivity index (χ3n) is 3.24. The normalized spacial score (nSPS) is 18.0. The van der Waals surface area contributed by atoms with Crippen LogP contribution in [0.4, 0.5) is 13.2 Å². The molecule has 0 amide bonds. The summed E-state index contributed by atoms with van der Waals surface area (Å²) in [5.74, 6) is 2.33. The lowest BCUT2D eigenvalue weighted by molar-refractivity contribution is -0.0510. The molecule has 9 heteroatoms. The smallest absolute Gasteiger partial charge is 0.494 e. The average Bonchev–Trinajstić information content (AvgIpc) is 3.01. The van der Waals surface area contributed by atoms with E-state index in [1.165, 1.54) is 30.6 Å². The topological polar surface area (TPSA) is 63.6 Å². The molecule has 1 aromatic rings. The summed E-state index contributed by atoms with van der Waals surface area (Å²) in [6.45, 7) is 3.03. The van der Waals surface area contributed by atoms with Gasteiger partial charge in [0.2, 0.25) is 0 Å². The van der Waals surface area contributed by atoms with Crippen molar-refractivity contribution in [2.45, 2.75) is 43.4 Å². The lowest BCUT2D eigenvalue weighted by Gasteiger charge is -2.10. The van der Waals surface area contributed by atoms with Crippen LogP contribution < -0.4 is 4.74 Å². The van der Waals surface area contributed by atoms with Gasteiger partial charge >= 0.3 is 15.6 Å². The zero-order valence-corrected chi connectivity index (χ0v) is 14.9. The maximum atomic E-state index is 10.7. The second-order valence-corrected chi connectivity index (χ2v) is 7.92. The molecule has 0 aromatic heterocycles. The molecule has 1 heterocycles. The number of hydrogen-bond donors (Lipinski definition) is 1. The number of benzene rings is 1. The van der Waals surface area contributed by atoms with Gasteiger partial charge in [-0.1, -0.05) is 25.5 Å². The summed E-state index contributed by atoms with van der Waals surface area (Å²) in [5.41, 5.74) is -4.07. The molecule has 1 fully saturated rings. The summed E-state index contributed by atoms with van der Waals surface area (Å²) < 4.78 is 63.2. The Hall–Kier alpha value is -0.930. The van der Waals surface area contributed by atoms with E-state index in [1.807, 2.05) is 0 Å². The van der Waals surface area contributed by atoms with E-state index < -0.39 is 15.6 Å². The molecule has 4 nitrogen and oxygen atoms in total. The minimum Gasteiger partial charge on any atom is -0.494 e. The van der Waals surface area contributed by atoms with Crippen LogP contribution in [0.1, 0.15) is 43.4 Å². The summed E-state index contributed by atoms with van der Waals surface area (Å²) >= 11 is 2.08. The van der Waals surface area contributed by atoms with E-state index in [0.717, 1.165) is 24.0 Å². The standard InChI is InChI=1S/C14H20OS.CHF3O3S/c1-2-3-10-15-13-8-6-12(7-9-13)14-5-4-11-16-14;2-1(3,4)8(5,6)7/h6-9,14H,2-5,10-11H2,1H3;(H,5,6,7). The van der Waals surface area contributed by atoms with Crippen molar-refractivity contribution in [1.29, 1.82) is 0 Å².